The summed E-state index contributed by atoms with van der Waals surface area (Å²) in [5.74, 6) is 0.291. The molecule has 0 saturated heterocycles. The number of hydrogen-bond acceptors (Lipinski definition) is 3. The van der Waals surface area contributed by atoms with Gasteiger partial charge < -0.3 is 14.8 Å². The second-order valence-corrected chi connectivity index (χ2v) is 5.48. The van der Waals surface area contributed by atoms with Crippen LogP contribution in [0.2, 0.25) is 6.32 Å². The van der Waals surface area contributed by atoms with Crippen LogP contribution in [0.15, 0.2) is 42.0 Å². The molecule has 1 aromatic rings. The fourth-order valence-corrected chi connectivity index (χ4v) is 2.54. The van der Waals surface area contributed by atoms with E-state index in [4.69, 9.17) is 4.65 Å². The highest BCUT2D eigenvalue weighted by atomic mass is 16.5. The molecule has 0 spiro atoms. The Morgan fingerprint density at radius 3 is 2.76 bits per heavy atom. The largest absolute Gasteiger partial charge is 0.508 e. The Labute approximate surface area is 127 Å². The highest BCUT2D eigenvalue weighted by molar-refractivity contribution is 6.43. The first-order valence-corrected chi connectivity index (χ1v) is 7.66. The maximum atomic E-state index is 9.50. The van der Waals surface area contributed by atoms with Crippen molar-refractivity contribution in [2.45, 2.75) is 45.0 Å². The molecule has 4 heteroatoms. The number of allylic oxidation sites excluding steroid dienone is 2. The van der Waals surface area contributed by atoms with Crippen molar-refractivity contribution in [3.63, 3.8) is 0 Å². The molecule has 0 bridgehead atoms. The van der Waals surface area contributed by atoms with Gasteiger partial charge in [-0.2, -0.15) is 0 Å². The lowest BCUT2D eigenvalue weighted by molar-refractivity contribution is 0.192. The topological polar surface area (TPSA) is 49.7 Å². The molecule has 0 amide bonds. The van der Waals surface area contributed by atoms with E-state index in [1.807, 2.05) is 24.3 Å². The normalized spacial score (nSPS) is 19.0. The minimum Gasteiger partial charge on any atom is -0.508 e. The second kappa shape index (κ2) is 8.06. The van der Waals surface area contributed by atoms with E-state index in [1.54, 1.807) is 12.1 Å². The molecule has 0 saturated carbocycles. The Kier molecular flexibility index (Phi) is 6.09. The van der Waals surface area contributed by atoms with Crippen LogP contribution in [0, 0.1) is 0 Å². The van der Waals surface area contributed by atoms with Gasteiger partial charge in [0.05, 0.1) is 6.10 Å². The fraction of sp³-hybridized carbons (Fsp3) is 0.412. The van der Waals surface area contributed by atoms with Gasteiger partial charge >= 0.3 is 7.12 Å². The van der Waals surface area contributed by atoms with Gasteiger partial charge in [0.25, 0.3) is 0 Å². The van der Waals surface area contributed by atoms with Gasteiger partial charge in [0.2, 0.25) is 0 Å². The van der Waals surface area contributed by atoms with Crippen LogP contribution in [0.3, 0.4) is 0 Å². The second-order valence-electron chi connectivity index (χ2n) is 5.48. The van der Waals surface area contributed by atoms with E-state index in [0.29, 0.717) is 12.1 Å². The summed E-state index contributed by atoms with van der Waals surface area (Å²) in [4.78, 5) is 0. The van der Waals surface area contributed by atoms with Crippen molar-refractivity contribution in [1.82, 2.24) is 0 Å². The third kappa shape index (κ3) is 5.41. The van der Waals surface area contributed by atoms with Crippen molar-refractivity contribution < 1.29 is 14.8 Å². The summed E-state index contributed by atoms with van der Waals surface area (Å²) < 4.78 is 5.49. The monoisotopic (exact) mass is 286 g/mol. The molecule has 21 heavy (non-hydrogen) atoms. The molecule has 0 unspecified atom stereocenters. The predicted octanol–water partition coefficient (Wildman–Crippen LogP) is 3.79. The van der Waals surface area contributed by atoms with Gasteiger partial charge in [-0.05, 0) is 37.0 Å². The molecule has 0 radical (unpaired) electrons. The number of phenols is 1. The van der Waals surface area contributed by atoms with Gasteiger partial charge in [-0.3, -0.25) is 0 Å². The first-order valence-electron chi connectivity index (χ1n) is 7.66. The number of rotatable bonds is 6. The van der Waals surface area contributed by atoms with Crippen molar-refractivity contribution in [1.29, 1.82) is 0 Å². The van der Waals surface area contributed by atoms with E-state index in [0.717, 1.165) is 31.2 Å². The Balaban J connectivity index is 1.96. The molecule has 0 aromatic heterocycles. The van der Waals surface area contributed by atoms with Gasteiger partial charge in [-0.15, -0.1) is 0 Å². The van der Waals surface area contributed by atoms with E-state index in [9.17, 15) is 10.1 Å². The van der Waals surface area contributed by atoms with E-state index in [1.165, 1.54) is 5.57 Å². The van der Waals surface area contributed by atoms with E-state index >= 15 is 0 Å². The first kappa shape index (κ1) is 15.9. The van der Waals surface area contributed by atoms with E-state index in [-0.39, 0.29) is 6.10 Å². The molecule has 1 aliphatic rings. The summed E-state index contributed by atoms with van der Waals surface area (Å²) in [6.45, 7) is 2.17. The number of benzene rings is 1. The van der Waals surface area contributed by atoms with Crippen LogP contribution in [0.1, 0.15) is 38.2 Å². The summed E-state index contributed by atoms with van der Waals surface area (Å²) in [6, 6.07) is 7.26. The number of hydrogen-bond donors (Lipinski definition) is 2. The summed E-state index contributed by atoms with van der Waals surface area (Å²) in [6.07, 6.45) is 10.8. The van der Waals surface area contributed by atoms with Crippen LogP contribution >= 0.6 is 0 Å². The zero-order chi connectivity index (χ0) is 15.1. The molecular weight excluding hydrogens is 263 g/mol. The molecule has 0 aliphatic carbocycles. The SMILES string of the molecule is CCC/C(=C\c1ccc(O)cc1)CC[C@@H]1C=CCB(O)O1. The molecule has 0 fully saturated rings. The molecule has 2 rings (SSSR count). The molecule has 1 atom stereocenters. The lowest BCUT2D eigenvalue weighted by atomic mass is 9.82. The van der Waals surface area contributed by atoms with Gasteiger partial charge in [0.1, 0.15) is 5.75 Å². The van der Waals surface area contributed by atoms with E-state index < -0.39 is 7.12 Å². The average Bonchev–Trinajstić information content (AvgIpc) is 2.47. The van der Waals surface area contributed by atoms with Crippen LogP contribution in [-0.4, -0.2) is 23.4 Å². The van der Waals surface area contributed by atoms with Gasteiger partial charge in [0, 0.05) is 6.32 Å². The van der Waals surface area contributed by atoms with Gasteiger partial charge in [0.15, 0.2) is 0 Å². The Morgan fingerprint density at radius 2 is 2.10 bits per heavy atom. The summed E-state index contributed by atoms with van der Waals surface area (Å²) >= 11 is 0. The quantitative estimate of drug-likeness (QED) is 0.618. The van der Waals surface area contributed by atoms with Crippen LogP contribution < -0.4 is 0 Å². The predicted molar refractivity (Wildman–Crippen MR) is 87.0 cm³/mol. The standard InChI is InChI=1S/C17H23BO3/c1-2-4-14(13-15-6-9-16(19)10-7-15)8-11-17-5-3-12-18(20)21-17/h3,5-7,9-10,13,17,19-20H,2,4,8,11-12H2,1H3/b14-13+/t17-/m0/s1. The van der Waals surface area contributed by atoms with Crippen molar-refractivity contribution in [2.24, 2.45) is 0 Å². The minimum absolute atomic E-state index is 0.00817. The molecular formula is C17H23BO3. The zero-order valence-electron chi connectivity index (χ0n) is 12.5. The average molecular weight is 286 g/mol. The third-order valence-corrected chi connectivity index (χ3v) is 3.61. The molecule has 2 N–H and O–H groups in total. The van der Waals surface area contributed by atoms with Crippen LogP contribution in [-0.2, 0) is 4.65 Å². The van der Waals surface area contributed by atoms with Crippen molar-refractivity contribution in [2.75, 3.05) is 0 Å². The van der Waals surface area contributed by atoms with Gasteiger partial charge in [-0.25, -0.2) is 0 Å². The lowest BCUT2D eigenvalue weighted by Gasteiger charge is -2.20. The van der Waals surface area contributed by atoms with Gasteiger partial charge in [-0.1, -0.05) is 49.3 Å². The Bertz CT molecular complexity index is 493. The zero-order valence-corrected chi connectivity index (χ0v) is 12.5. The lowest BCUT2D eigenvalue weighted by Crippen LogP contribution is -2.27. The minimum atomic E-state index is -0.657. The van der Waals surface area contributed by atoms with Crippen LogP contribution in [0.5, 0.6) is 5.75 Å². The van der Waals surface area contributed by atoms with Crippen LogP contribution in [0.4, 0.5) is 0 Å². The number of phenolic OH excluding ortho intramolecular Hbond substituents is 1. The molecule has 3 nitrogen and oxygen atoms in total. The first-order chi connectivity index (χ1) is 10.2. The Morgan fingerprint density at radius 1 is 1.33 bits per heavy atom. The molecule has 1 aromatic carbocycles. The summed E-state index contributed by atoms with van der Waals surface area (Å²) in [7, 11) is -0.657. The molecule has 1 heterocycles. The highest BCUT2D eigenvalue weighted by Gasteiger charge is 2.20. The van der Waals surface area contributed by atoms with Crippen LogP contribution in [0.25, 0.3) is 6.08 Å². The molecule has 1 aliphatic heterocycles. The smallest absolute Gasteiger partial charge is 0.458 e. The van der Waals surface area contributed by atoms with Crippen molar-refractivity contribution >= 4 is 13.2 Å². The summed E-state index contributed by atoms with van der Waals surface area (Å²) in [5.41, 5.74) is 2.48. The van der Waals surface area contributed by atoms with E-state index in [2.05, 4.69) is 13.0 Å². The fourth-order valence-electron chi connectivity index (χ4n) is 2.54. The molecule has 112 valence electrons. The summed E-state index contributed by atoms with van der Waals surface area (Å²) in [5, 5.41) is 18.8. The Hall–Kier alpha value is -1.52. The maximum absolute atomic E-state index is 9.50. The third-order valence-electron chi connectivity index (χ3n) is 3.61. The maximum Gasteiger partial charge on any atom is 0.458 e. The highest BCUT2D eigenvalue weighted by Crippen LogP contribution is 2.22. The van der Waals surface area contributed by atoms with Crippen molar-refractivity contribution in [3.05, 3.63) is 47.6 Å². The number of aromatic hydroxyl groups is 1. The van der Waals surface area contributed by atoms with Crippen molar-refractivity contribution in [3.8, 4) is 5.75 Å².